The number of nitrogens with zero attached hydrogens (tertiary/aromatic N) is 1. The van der Waals surface area contributed by atoms with Crippen LogP contribution in [0.5, 0.6) is 0 Å². The van der Waals surface area contributed by atoms with E-state index in [1.165, 1.54) is 25.0 Å². The molecule has 1 aromatic carbocycles. The number of benzene rings is 1. The van der Waals surface area contributed by atoms with Gasteiger partial charge in [0.25, 0.3) is 0 Å². The highest BCUT2D eigenvalue weighted by molar-refractivity contribution is 9.08. The normalized spacial score (nSPS) is 15.2. The van der Waals surface area contributed by atoms with E-state index < -0.39 is 11.6 Å². The maximum atomic E-state index is 13.7. The Morgan fingerprint density at radius 1 is 1.31 bits per heavy atom. The summed E-state index contributed by atoms with van der Waals surface area (Å²) in [6, 6.07) is 2.77. The molecule has 1 aromatic rings. The van der Waals surface area contributed by atoms with Crippen LogP contribution in [0.3, 0.4) is 0 Å². The van der Waals surface area contributed by atoms with Gasteiger partial charge in [-0.25, -0.2) is 8.78 Å². The zero-order chi connectivity index (χ0) is 11.7. The number of halogens is 3. The van der Waals surface area contributed by atoms with Gasteiger partial charge in [-0.3, -0.25) is 0 Å². The minimum atomic E-state index is -0.474. The van der Waals surface area contributed by atoms with Gasteiger partial charge in [-0.1, -0.05) is 15.9 Å². The Morgan fingerprint density at radius 3 is 2.31 bits per heavy atom. The van der Waals surface area contributed by atoms with E-state index in [2.05, 4.69) is 15.9 Å². The van der Waals surface area contributed by atoms with E-state index in [1.54, 1.807) is 11.9 Å². The lowest BCUT2D eigenvalue weighted by Crippen LogP contribution is -2.22. The summed E-state index contributed by atoms with van der Waals surface area (Å²) in [5, 5.41) is 0.466. The van der Waals surface area contributed by atoms with Crippen LogP contribution in [0.15, 0.2) is 12.1 Å². The van der Waals surface area contributed by atoms with E-state index in [0.29, 0.717) is 16.8 Å². The summed E-state index contributed by atoms with van der Waals surface area (Å²) in [4.78, 5) is 1.68. The van der Waals surface area contributed by atoms with Crippen molar-refractivity contribution in [3.63, 3.8) is 0 Å². The van der Waals surface area contributed by atoms with Gasteiger partial charge in [0.2, 0.25) is 0 Å². The average molecular weight is 290 g/mol. The summed E-state index contributed by atoms with van der Waals surface area (Å²) < 4.78 is 27.4. The molecule has 2 rings (SSSR count). The van der Waals surface area contributed by atoms with Crippen molar-refractivity contribution in [1.29, 1.82) is 0 Å². The molecule has 0 saturated heterocycles. The van der Waals surface area contributed by atoms with Crippen LogP contribution in [-0.4, -0.2) is 13.6 Å². The number of hydrogen-bond acceptors (Lipinski definition) is 1. The van der Waals surface area contributed by atoms with Crippen molar-refractivity contribution in [1.82, 2.24) is 0 Å². The Morgan fingerprint density at radius 2 is 1.88 bits per heavy atom. The fourth-order valence-electron chi connectivity index (χ4n) is 1.84. The summed E-state index contributed by atoms with van der Waals surface area (Å²) in [7, 11) is 1.74. The minimum Gasteiger partial charge on any atom is -0.370 e. The van der Waals surface area contributed by atoms with Crippen molar-refractivity contribution in [3.05, 3.63) is 29.3 Å². The second kappa shape index (κ2) is 4.70. The van der Waals surface area contributed by atoms with Crippen LogP contribution < -0.4 is 4.90 Å². The van der Waals surface area contributed by atoms with Crippen LogP contribution in [0, 0.1) is 17.6 Å². The first kappa shape index (κ1) is 11.8. The van der Waals surface area contributed by atoms with Crippen molar-refractivity contribution in [3.8, 4) is 0 Å². The molecule has 0 bridgehead atoms. The molecule has 88 valence electrons. The highest BCUT2D eigenvalue weighted by Crippen LogP contribution is 2.32. The minimum absolute atomic E-state index is 0.0941. The van der Waals surface area contributed by atoms with E-state index in [9.17, 15) is 8.78 Å². The predicted molar refractivity (Wildman–Crippen MR) is 65.0 cm³/mol. The second-order valence-corrected chi connectivity index (χ2v) is 4.93. The van der Waals surface area contributed by atoms with E-state index in [0.717, 1.165) is 6.54 Å². The Bertz CT molecular complexity index is 368. The van der Waals surface area contributed by atoms with Crippen LogP contribution in [0.2, 0.25) is 0 Å². The summed E-state index contributed by atoms with van der Waals surface area (Å²) in [5.74, 6) is -0.338. The molecule has 0 aliphatic heterocycles. The van der Waals surface area contributed by atoms with Crippen molar-refractivity contribution < 1.29 is 8.78 Å². The Hall–Kier alpha value is -0.640. The van der Waals surface area contributed by atoms with Crippen molar-refractivity contribution in [2.75, 3.05) is 18.5 Å². The summed E-state index contributed by atoms with van der Waals surface area (Å²) >= 11 is 3.19. The molecule has 1 saturated carbocycles. The molecule has 0 spiro atoms. The smallest absolute Gasteiger partial charge is 0.149 e. The van der Waals surface area contributed by atoms with Gasteiger partial charge in [-0.15, -0.1) is 0 Å². The molecule has 0 amide bonds. The molecular weight excluding hydrogens is 276 g/mol. The zero-order valence-electron chi connectivity index (χ0n) is 9.14. The van der Waals surface area contributed by atoms with Crippen molar-refractivity contribution in [2.45, 2.75) is 18.2 Å². The summed E-state index contributed by atoms with van der Waals surface area (Å²) in [5.41, 5.74) is 0.718. The van der Waals surface area contributed by atoms with Crippen LogP contribution in [0.1, 0.15) is 18.4 Å². The van der Waals surface area contributed by atoms with Crippen LogP contribution in [0.4, 0.5) is 14.5 Å². The Balaban J connectivity index is 2.24. The van der Waals surface area contributed by atoms with Gasteiger partial charge in [-0.05, 0) is 36.5 Å². The van der Waals surface area contributed by atoms with Crippen LogP contribution in [-0.2, 0) is 5.33 Å². The number of hydrogen-bond donors (Lipinski definition) is 0. The van der Waals surface area contributed by atoms with Crippen molar-refractivity contribution >= 4 is 21.6 Å². The van der Waals surface area contributed by atoms with Crippen LogP contribution in [0.25, 0.3) is 0 Å². The maximum absolute atomic E-state index is 13.7. The third kappa shape index (κ3) is 2.54. The molecule has 1 aliphatic rings. The molecule has 1 aliphatic carbocycles. The number of rotatable bonds is 4. The highest BCUT2D eigenvalue weighted by atomic mass is 79.9. The van der Waals surface area contributed by atoms with Gasteiger partial charge in [0, 0.05) is 18.9 Å². The molecular formula is C12H14BrF2N. The molecule has 0 aromatic heterocycles. The molecule has 1 fully saturated rings. The van der Waals surface area contributed by atoms with Gasteiger partial charge in [0.05, 0.1) is 0 Å². The van der Waals surface area contributed by atoms with E-state index in [4.69, 9.17) is 0 Å². The standard InChI is InChI=1S/C12H14BrF2N/c1-16(7-8-2-3-8)12-10(14)4-9(6-13)5-11(12)15/h4-5,8H,2-3,6-7H2,1H3. The predicted octanol–water partition coefficient (Wildman–Crippen LogP) is 3.71. The molecule has 1 nitrogen and oxygen atoms in total. The van der Waals surface area contributed by atoms with E-state index >= 15 is 0 Å². The number of anilines is 1. The first-order chi connectivity index (χ1) is 7.61. The zero-order valence-corrected chi connectivity index (χ0v) is 10.7. The molecule has 0 N–H and O–H groups in total. The molecule has 16 heavy (non-hydrogen) atoms. The molecule has 0 heterocycles. The Labute approximate surface area is 103 Å². The molecule has 0 unspecified atom stereocenters. The fourth-order valence-corrected chi connectivity index (χ4v) is 2.16. The van der Waals surface area contributed by atoms with Gasteiger partial charge in [-0.2, -0.15) is 0 Å². The summed E-state index contributed by atoms with van der Waals surface area (Å²) in [6.45, 7) is 0.738. The lowest BCUT2D eigenvalue weighted by molar-refractivity contribution is 0.572. The van der Waals surface area contributed by atoms with Crippen molar-refractivity contribution in [2.24, 2.45) is 5.92 Å². The topological polar surface area (TPSA) is 3.24 Å². The van der Waals surface area contributed by atoms with Gasteiger partial charge in [0.15, 0.2) is 0 Å². The van der Waals surface area contributed by atoms with Gasteiger partial charge in [0.1, 0.15) is 17.3 Å². The second-order valence-electron chi connectivity index (χ2n) is 4.37. The molecule has 0 atom stereocenters. The third-order valence-electron chi connectivity index (χ3n) is 2.84. The quantitative estimate of drug-likeness (QED) is 0.764. The van der Waals surface area contributed by atoms with Gasteiger partial charge < -0.3 is 4.90 Å². The monoisotopic (exact) mass is 289 g/mol. The summed E-state index contributed by atoms with van der Waals surface area (Å²) in [6.07, 6.45) is 2.35. The third-order valence-corrected chi connectivity index (χ3v) is 3.49. The van der Waals surface area contributed by atoms with E-state index in [-0.39, 0.29) is 5.69 Å². The largest absolute Gasteiger partial charge is 0.370 e. The van der Waals surface area contributed by atoms with E-state index in [1.807, 2.05) is 0 Å². The molecule has 4 heteroatoms. The molecule has 0 radical (unpaired) electrons. The lowest BCUT2D eigenvalue weighted by atomic mass is 10.2. The maximum Gasteiger partial charge on any atom is 0.149 e. The SMILES string of the molecule is CN(CC1CC1)c1c(F)cc(CBr)cc1F. The first-order valence-corrected chi connectivity index (χ1v) is 6.49. The highest BCUT2D eigenvalue weighted by Gasteiger charge is 2.25. The fraction of sp³-hybridized carbons (Fsp3) is 0.500. The number of alkyl halides is 1. The Kier molecular flexibility index (Phi) is 3.47. The first-order valence-electron chi connectivity index (χ1n) is 5.37. The average Bonchev–Trinajstić information content (AvgIpc) is 3.00. The van der Waals surface area contributed by atoms with Crippen LogP contribution >= 0.6 is 15.9 Å². The van der Waals surface area contributed by atoms with Gasteiger partial charge >= 0.3 is 0 Å². The lowest BCUT2D eigenvalue weighted by Gasteiger charge is -2.20.